The van der Waals surface area contributed by atoms with Crippen LogP contribution >= 0.6 is 0 Å². The third-order valence-electron chi connectivity index (χ3n) is 3.46. The van der Waals surface area contributed by atoms with Crippen LogP contribution in [0.1, 0.15) is 51.9 Å². The number of hydrogen-bond donors (Lipinski definition) is 3. The summed E-state index contributed by atoms with van der Waals surface area (Å²) in [4.78, 5) is 21.9. The molecule has 0 spiro atoms. The van der Waals surface area contributed by atoms with Gasteiger partial charge in [0.25, 0.3) is 0 Å². The van der Waals surface area contributed by atoms with E-state index in [-0.39, 0.29) is 18.5 Å². The maximum atomic E-state index is 11.5. The van der Waals surface area contributed by atoms with Crippen molar-refractivity contribution in [1.29, 1.82) is 0 Å². The molecule has 0 radical (unpaired) electrons. The van der Waals surface area contributed by atoms with Gasteiger partial charge in [-0.05, 0) is 26.2 Å². The van der Waals surface area contributed by atoms with Crippen LogP contribution in [0.2, 0.25) is 0 Å². The molecule has 0 heterocycles. The Morgan fingerprint density at radius 2 is 2.00 bits per heavy atom. The van der Waals surface area contributed by atoms with Crippen LogP contribution in [0.5, 0.6) is 0 Å². The van der Waals surface area contributed by atoms with E-state index in [0.717, 1.165) is 12.8 Å². The highest BCUT2D eigenvalue weighted by atomic mass is 16.5. The van der Waals surface area contributed by atoms with E-state index in [0.29, 0.717) is 25.7 Å². The van der Waals surface area contributed by atoms with E-state index in [1.807, 2.05) is 0 Å². The molecule has 6 heteroatoms. The molecule has 0 bridgehead atoms. The van der Waals surface area contributed by atoms with Crippen LogP contribution in [0.15, 0.2) is 0 Å². The molecule has 1 saturated carbocycles. The second-order valence-electron chi connectivity index (χ2n) is 5.36. The molecule has 0 saturated heterocycles. The highest BCUT2D eigenvalue weighted by Gasteiger charge is 2.13. The number of aliphatic carboxylic acids is 1. The average Bonchev–Trinajstić information content (AvgIpc) is 2.42. The summed E-state index contributed by atoms with van der Waals surface area (Å²) in [5.41, 5.74) is 0. The molecule has 0 aliphatic heterocycles. The van der Waals surface area contributed by atoms with Crippen molar-refractivity contribution in [3.8, 4) is 0 Å². The Hall–Kier alpha value is -1.30. The van der Waals surface area contributed by atoms with E-state index in [1.165, 1.54) is 19.3 Å². The fourth-order valence-electron chi connectivity index (χ4n) is 2.31. The first-order chi connectivity index (χ1) is 9.58. The lowest BCUT2D eigenvalue weighted by Gasteiger charge is -2.22. The van der Waals surface area contributed by atoms with Gasteiger partial charge in [0.05, 0.1) is 12.7 Å². The largest absolute Gasteiger partial charge is 0.481 e. The number of carbonyl (C=O) groups excluding carboxylic acids is 1. The van der Waals surface area contributed by atoms with Crippen molar-refractivity contribution < 1.29 is 19.4 Å². The predicted octanol–water partition coefficient (Wildman–Crippen LogP) is 1.89. The third kappa shape index (κ3) is 7.99. The summed E-state index contributed by atoms with van der Waals surface area (Å²) < 4.78 is 5.70. The molecule has 1 rings (SSSR count). The van der Waals surface area contributed by atoms with Gasteiger partial charge in [-0.15, -0.1) is 0 Å². The summed E-state index contributed by atoms with van der Waals surface area (Å²) in [6, 6.07) is -0.416. The highest BCUT2D eigenvalue weighted by Crippen LogP contribution is 2.19. The minimum Gasteiger partial charge on any atom is -0.481 e. The van der Waals surface area contributed by atoms with E-state index in [4.69, 9.17) is 9.84 Å². The Morgan fingerprint density at radius 1 is 1.30 bits per heavy atom. The van der Waals surface area contributed by atoms with Gasteiger partial charge in [-0.3, -0.25) is 4.79 Å². The first-order valence-electron chi connectivity index (χ1n) is 7.45. The molecule has 0 aromatic carbocycles. The smallest absolute Gasteiger partial charge is 0.315 e. The van der Waals surface area contributed by atoms with Crippen LogP contribution in [0.3, 0.4) is 0 Å². The fourth-order valence-corrected chi connectivity index (χ4v) is 2.31. The molecule has 0 aromatic heterocycles. The van der Waals surface area contributed by atoms with Crippen LogP contribution in [-0.4, -0.2) is 42.4 Å². The summed E-state index contributed by atoms with van der Waals surface area (Å²) in [5.74, 6) is -0.847. The van der Waals surface area contributed by atoms with Crippen LogP contribution in [-0.2, 0) is 9.53 Å². The number of urea groups is 1. The number of carbonyl (C=O) groups is 2. The molecule has 116 valence electrons. The summed E-state index contributed by atoms with van der Waals surface area (Å²) in [7, 11) is 0. The summed E-state index contributed by atoms with van der Waals surface area (Å²) in [6.07, 6.45) is 6.86. The first-order valence-corrected chi connectivity index (χ1v) is 7.45. The Kier molecular flexibility index (Phi) is 8.02. The molecular weight excluding hydrogens is 260 g/mol. The maximum Gasteiger partial charge on any atom is 0.315 e. The molecule has 0 aromatic rings. The molecule has 3 N–H and O–H groups in total. The van der Waals surface area contributed by atoms with Crippen molar-refractivity contribution >= 4 is 12.0 Å². The van der Waals surface area contributed by atoms with Crippen molar-refractivity contribution in [1.82, 2.24) is 10.6 Å². The minimum atomic E-state index is -0.847. The summed E-state index contributed by atoms with van der Waals surface area (Å²) in [5, 5.41) is 14.0. The van der Waals surface area contributed by atoms with Crippen molar-refractivity contribution in [2.24, 2.45) is 0 Å². The van der Waals surface area contributed by atoms with Gasteiger partial charge >= 0.3 is 12.0 Å². The maximum absolute atomic E-state index is 11.5. The van der Waals surface area contributed by atoms with E-state index in [1.54, 1.807) is 6.92 Å². The lowest BCUT2D eigenvalue weighted by atomic mass is 9.98. The number of ether oxygens (including phenoxy) is 1. The number of hydrogen-bond acceptors (Lipinski definition) is 3. The molecule has 1 atom stereocenters. The van der Waals surface area contributed by atoms with Gasteiger partial charge in [0.1, 0.15) is 0 Å². The Labute approximate surface area is 120 Å². The number of nitrogens with one attached hydrogen (secondary N) is 2. The lowest BCUT2D eigenvalue weighted by Crippen LogP contribution is -2.42. The summed E-state index contributed by atoms with van der Waals surface area (Å²) in [6.45, 7) is 2.80. The zero-order chi connectivity index (χ0) is 14.8. The number of carboxylic acids is 1. The Morgan fingerprint density at radius 3 is 2.65 bits per heavy atom. The Bertz CT molecular complexity index is 304. The second-order valence-corrected chi connectivity index (χ2v) is 5.36. The number of rotatable bonds is 8. The zero-order valence-corrected chi connectivity index (χ0v) is 12.2. The van der Waals surface area contributed by atoms with Gasteiger partial charge in [0.15, 0.2) is 0 Å². The fraction of sp³-hybridized carbons (Fsp3) is 0.857. The van der Waals surface area contributed by atoms with Gasteiger partial charge in [-0.25, -0.2) is 4.79 Å². The van der Waals surface area contributed by atoms with E-state index < -0.39 is 5.97 Å². The second kappa shape index (κ2) is 9.58. The first kappa shape index (κ1) is 16.8. The standard InChI is InChI=1S/C14H26N2O4/c1-11(7-8-13(17)18)16-14(19)15-9-10-20-12-5-3-2-4-6-12/h11-12H,2-10H2,1H3,(H,17,18)(H2,15,16,19). The van der Waals surface area contributed by atoms with Crippen molar-refractivity contribution in [3.63, 3.8) is 0 Å². The SMILES string of the molecule is CC(CCC(=O)O)NC(=O)NCCOC1CCCCC1. The normalized spacial score (nSPS) is 17.4. The molecule has 1 fully saturated rings. The van der Waals surface area contributed by atoms with Crippen molar-refractivity contribution in [2.45, 2.75) is 64.0 Å². The molecule has 20 heavy (non-hydrogen) atoms. The van der Waals surface area contributed by atoms with Crippen LogP contribution < -0.4 is 10.6 Å². The molecule has 1 unspecified atom stereocenters. The lowest BCUT2D eigenvalue weighted by molar-refractivity contribution is -0.137. The van der Waals surface area contributed by atoms with E-state index in [9.17, 15) is 9.59 Å². The third-order valence-corrected chi connectivity index (χ3v) is 3.46. The monoisotopic (exact) mass is 286 g/mol. The molecule has 1 aliphatic rings. The van der Waals surface area contributed by atoms with Gasteiger partial charge in [-0.1, -0.05) is 19.3 Å². The van der Waals surface area contributed by atoms with E-state index >= 15 is 0 Å². The predicted molar refractivity (Wildman–Crippen MR) is 75.7 cm³/mol. The summed E-state index contributed by atoms with van der Waals surface area (Å²) >= 11 is 0. The Balaban J connectivity index is 2.00. The van der Waals surface area contributed by atoms with Gasteiger partial charge in [-0.2, -0.15) is 0 Å². The van der Waals surface area contributed by atoms with Gasteiger partial charge in [0, 0.05) is 19.0 Å². The quantitative estimate of drug-likeness (QED) is 0.595. The zero-order valence-electron chi connectivity index (χ0n) is 12.2. The molecule has 6 nitrogen and oxygen atoms in total. The number of amides is 2. The van der Waals surface area contributed by atoms with Crippen LogP contribution in [0.25, 0.3) is 0 Å². The van der Waals surface area contributed by atoms with Gasteiger partial charge in [0.2, 0.25) is 0 Å². The minimum absolute atomic E-state index is 0.0617. The van der Waals surface area contributed by atoms with Crippen molar-refractivity contribution in [3.05, 3.63) is 0 Å². The molecular formula is C14H26N2O4. The highest BCUT2D eigenvalue weighted by molar-refractivity contribution is 5.74. The van der Waals surface area contributed by atoms with E-state index in [2.05, 4.69) is 10.6 Å². The molecule has 2 amide bonds. The van der Waals surface area contributed by atoms with Crippen LogP contribution in [0.4, 0.5) is 4.79 Å². The topological polar surface area (TPSA) is 87.7 Å². The number of carboxylic acid groups (broad SMARTS) is 1. The van der Waals surface area contributed by atoms with Gasteiger partial charge < -0.3 is 20.5 Å². The van der Waals surface area contributed by atoms with Crippen LogP contribution in [0, 0.1) is 0 Å². The molecule has 1 aliphatic carbocycles. The van der Waals surface area contributed by atoms with Crippen molar-refractivity contribution in [2.75, 3.05) is 13.2 Å². The average molecular weight is 286 g/mol.